The third-order valence-electron chi connectivity index (χ3n) is 5.97. The van der Waals surface area contributed by atoms with Crippen molar-refractivity contribution in [1.29, 1.82) is 0 Å². The second kappa shape index (κ2) is 11.4. The fraction of sp³-hybridized carbons (Fsp3) is 0.346. The number of Topliss-reactive ketones (excluding diaryl/α,β-unsaturated/α-hetero) is 1. The number of amides is 1. The van der Waals surface area contributed by atoms with Crippen LogP contribution in [0.25, 0.3) is 5.76 Å². The third-order valence-corrected chi connectivity index (χ3v) is 6.27. The number of carbonyl (C=O) groups excluding carboxylic acids is 3. The first-order valence-corrected chi connectivity index (χ1v) is 11.7. The maximum Gasteiger partial charge on any atom is 0.308 e. The summed E-state index contributed by atoms with van der Waals surface area (Å²) in [6.45, 7) is 7.81. The highest BCUT2D eigenvalue weighted by Gasteiger charge is 2.46. The van der Waals surface area contributed by atoms with Crippen LogP contribution >= 0.6 is 11.6 Å². The highest BCUT2D eigenvalue weighted by Crippen LogP contribution is 2.40. The molecular weight excluding hydrogens is 472 g/mol. The number of carbonyl (C=O) groups is 3. The summed E-state index contributed by atoms with van der Waals surface area (Å²) in [7, 11) is 1.47. The van der Waals surface area contributed by atoms with Gasteiger partial charge in [0.1, 0.15) is 17.3 Å². The molecule has 1 N–H and O–H groups in total. The van der Waals surface area contributed by atoms with Gasteiger partial charge in [0, 0.05) is 25.6 Å². The first-order chi connectivity index (χ1) is 16.7. The molecule has 0 aromatic heterocycles. The molecule has 1 aliphatic heterocycles. The Kier molecular flexibility index (Phi) is 8.53. The lowest BCUT2D eigenvalue weighted by Gasteiger charge is -2.28. The number of hydrogen-bond donors (Lipinski definition) is 1. The Bertz CT molecular complexity index is 1140. The summed E-state index contributed by atoms with van der Waals surface area (Å²) in [6, 6.07) is 10.3. The number of nitrogens with zero attached hydrogens (tertiary/aromatic N) is 2. The number of aliphatic hydroxyl groups is 1. The van der Waals surface area contributed by atoms with E-state index in [0.29, 0.717) is 35.7 Å². The van der Waals surface area contributed by atoms with E-state index < -0.39 is 23.7 Å². The van der Waals surface area contributed by atoms with Crippen LogP contribution in [0.1, 0.15) is 37.9 Å². The van der Waals surface area contributed by atoms with Gasteiger partial charge in [-0.2, -0.15) is 0 Å². The summed E-state index contributed by atoms with van der Waals surface area (Å²) < 4.78 is 10.3. The van der Waals surface area contributed by atoms with E-state index in [-0.39, 0.29) is 16.4 Å². The number of likely N-dealkylation sites (N-methyl/N-ethyl adjacent to an activating group) is 1. The number of ketones is 1. The molecule has 1 atom stereocenters. The molecule has 0 bridgehead atoms. The van der Waals surface area contributed by atoms with Crippen molar-refractivity contribution >= 4 is 35.0 Å². The molecule has 9 heteroatoms. The second-order valence-corrected chi connectivity index (χ2v) is 8.44. The molecule has 35 heavy (non-hydrogen) atoms. The zero-order valence-corrected chi connectivity index (χ0v) is 21.0. The van der Waals surface area contributed by atoms with Crippen molar-refractivity contribution in [2.45, 2.75) is 26.8 Å². The summed E-state index contributed by atoms with van der Waals surface area (Å²) in [5.41, 5.74) is 0.857. The minimum absolute atomic E-state index is 0.0315. The predicted octanol–water partition coefficient (Wildman–Crippen LogP) is 4.04. The van der Waals surface area contributed by atoms with Crippen molar-refractivity contribution in [2.75, 3.05) is 33.3 Å². The topological polar surface area (TPSA) is 96.4 Å². The SMILES string of the molecule is CCN(CC)CCN1C(=O)C(=O)/C(=C(\O)c2ccc(OC)c(Cl)c2)C1c1ccc(OC(C)=O)cc1. The number of hydrogen-bond acceptors (Lipinski definition) is 7. The Labute approximate surface area is 209 Å². The normalized spacial score (nSPS) is 17.2. The molecule has 0 spiro atoms. The Morgan fingerprint density at radius 3 is 2.31 bits per heavy atom. The molecule has 1 fully saturated rings. The lowest BCUT2D eigenvalue weighted by molar-refractivity contribution is -0.140. The van der Waals surface area contributed by atoms with Crippen molar-refractivity contribution in [3.63, 3.8) is 0 Å². The van der Waals surface area contributed by atoms with E-state index >= 15 is 0 Å². The molecule has 1 amide bonds. The fourth-order valence-corrected chi connectivity index (χ4v) is 4.36. The molecule has 2 aromatic rings. The first-order valence-electron chi connectivity index (χ1n) is 11.3. The second-order valence-electron chi connectivity index (χ2n) is 8.03. The summed E-state index contributed by atoms with van der Waals surface area (Å²) in [6.07, 6.45) is 0. The van der Waals surface area contributed by atoms with Gasteiger partial charge in [0.15, 0.2) is 0 Å². The minimum Gasteiger partial charge on any atom is -0.507 e. The maximum atomic E-state index is 13.2. The van der Waals surface area contributed by atoms with Gasteiger partial charge < -0.3 is 24.4 Å². The van der Waals surface area contributed by atoms with Gasteiger partial charge in [0.05, 0.1) is 23.7 Å². The molecule has 0 radical (unpaired) electrons. The molecule has 1 unspecified atom stereocenters. The number of halogens is 1. The summed E-state index contributed by atoms with van der Waals surface area (Å²) >= 11 is 6.23. The van der Waals surface area contributed by atoms with Crippen LogP contribution in [-0.4, -0.2) is 65.9 Å². The molecule has 2 aromatic carbocycles. The summed E-state index contributed by atoms with van der Waals surface area (Å²) in [5.74, 6) is -1.49. The van der Waals surface area contributed by atoms with Gasteiger partial charge in [-0.1, -0.05) is 37.6 Å². The van der Waals surface area contributed by atoms with Crippen LogP contribution in [0.5, 0.6) is 11.5 Å². The van der Waals surface area contributed by atoms with Gasteiger partial charge in [-0.05, 0) is 49.0 Å². The van der Waals surface area contributed by atoms with Crippen LogP contribution in [-0.2, 0) is 14.4 Å². The zero-order chi connectivity index (χ0) is 25.7. The van der Waals surface area contributed by atoms with Gasteiger partial charge >= 0.3 is 5.97 Å². The smallest absolute Gasteiger partial charge is 0.308 e. The van der Waals surface area contributed by atoms with Crippen LogP contribution in [0, 0.1) is 0 Å². The molecule has 3 rings (SSSR count). The average Bonchev–Trinajstić information content (AvgIpc) is 3.09. The lowest BCUT2D eigenvalue weighted by atomic mass is 9.95. The molecule has 0 saturated carbocycles. The zero-order valence-electron chi connectivity index (χ0n) is 20.2. The Balaban J connectivity index is 2.10. The molecule has 1 heterocycles. The van der Waals surface area contributed by atoms with Gasteiger partial charge in [0.2, 0.25) is 0 Å². The van der Waals surface area contributed by atoms with E-state index in [2.05, 4.69) is 4.90 Å². The van der Waals surface area contributed by atoms with Crippen LogP contribution < -0.4 is 9.47 Å². The molecule has 8 nitrogen and oxygen atoms in total. The third kappa shape index (κ3) is 5.66. The van der Waals surface area contributed by atoms with Crippen molar-refractivity contribution in [3.8, 4) is 11.5 Å². The van der Waals surface area contributed by atoms with Gasteiger partial charge in [-0.15, -0.1) is 0 Å². The maximum absolute atomic E-state index is 13.2. The standard InChI is InChI=1S/C26H29ClN2O6/c1-5-28(6-2)13-14-29-23(17-7-10-19(11-8-17)35-16(3)30)22(25(32)26(29)33)24(31)18-9-12-21(34-4)20(27)15-18/h7-12,15,23,31H,5-6,13-14H2,1-4H3/b24-22-. The van der Waals surface area contributed by atoms with Crippen molar-refractivity contribution in [2.24, 2.45) is 0 Å². The van der Waals surface area contributed by atoms with E-state index in [1.54, 1.807) is 36.4 Å². The van der Waals surface area contributed by atoms with Gasteiger partial charge in [-0.25, -0.2) is 0 Å². The minimum atomic E-state index is -0.821. The van der Waals surface area contributed by atoms with E-state index in [0.717, 1.165) is 13.1 Å². The van der Waals surface area contributed by atoms with E-state index in [1.807, 2.05) is 13.8 Å². The lowest BCUT2D eigenvalue weighted by Crippen LogP contribution is -2.38. The molecule has 0 aliphatic carbocycles. The number of benzene rings is 2. The first kappa shape index (κ1) is 26.2. The Morgan fingerprint density at radius 1 is 1.11 bits per heavy atom. The summed E-state index contributed by atoms with van der Waals surface area (Å²) in [4.78, 5) is 41.2. The molecule has 1 saturated heterocycles. The largest absolute Gasteiger partial charge is 0.507 e. The molecular formula is C26H29ClN2O6. The quantitative estimate of drug-likeness (QED) is 0.182. The van der Waals surface area contributed by atoms with Gasteiger partial charge in [-0.3, -0.25) is 14.4 Å². The van der Waals surface area contributed by atoms with E-state index in [1.165, 1.54) is 25.0 Å². The molecule has 1 aliphatic rings. The predicted molar refractivity (Wildman–Crippen MR) is 133 cm³/mol. The molecule has 186 valence electrons. The van der Waals surface area contributed by atoms with Crippen LogP contribution in [0.3, 0.4) is 0 Å². The average molecular weight is 501 g/mol. The summed E-state index contributed by atoms with van der Waals surface area (Å²) in [5, 5.41) is 11.4. The monoisotopic (exact) mass is 500 g/mol. The van der Waals surface area contributed by atoms with E-state index in [4.69, 9.17) is 21.1 Å². The van der Waals surface area contributed by atoms with Crippen LogP contribution in [0.2, 0.25) is 5.02 Å². The number of likely N-dealkylation sites (tertiary alicyclic amines) is 1. The van der Waals surface area contributed by atoms with Crippen LogP contribution in [0.15, 0.2) is 48.0 Å². The Morgan fingerprint density at radius 2 is 1.77 bits per heavy atom. The number of rotatable bonds is 9. The number of esters is 1. The highest BCUT2D eigenvalue weighted by molar-refractivity contribution is 6.46. The van der Waals surface area contributed by atoms with E-state index in [9.17, 15) is 19.5 Å². The van der Waals surface area contributed by atoms with Crippen molar-refractivity contribution < 1.29 is 29.0 Å². The van der Waals surface area contributed by atoms with Crippen molar-refractivity contribution in [1.82, 2.24) is 9.80 Å². The Hall–Kier alpha value is -3.36. The fourth-order valence-electron chi connectivity index (χ4n) is 4.10. The van der Waals surface area contributed by atoms with Crippen molar-refractivity contribution in [3.05, 3.63) is 64.2 Å². The van der Waals surface area contributed by atoms with Crippen LogP contribution in [0.4, 0.5) is 0 Å². The highest BCUT2D eigenvalue weighted by atomic mass is 35.5. The van der Waals surface area contributed by atoms with Gasteiger partial charge in [0.25, 0.3) is 11.7 Å². The number of aliphatic hydroxyl groups excluding tert-OH is 1. The number of methoxy groups -OCH3 is 1. The number of ether oxygens (including phenoxy) is 2.